The van der Waals surface area contributed by atoms with Gasteiger partial charge in [-0.25, -0.2) is 4.98 Å². The van der Waals surface area contributed by atoms with Gasteiger partial charge in [0.25, 0.3) is 5.91 Å². The van der Waals surface area contributed by atoms with Gasteiger partial charge in [-0.3, -0.25) is 9.69 Å². The first-order valence-electron chi connectivity index (χ1n) is 9.83. The van der Waals surface area contributed by atoms with Crippen LogP contribution in [0.4, 0.5) is 8.78 Å². The first kappa shape index (κ1) is 20.8. The van der Waals surface area contributed by atoms with E-state index in [-0.39, 0.29) is 18.2 Å². The maximum absolute atomic E-state index is 14.4. The Hall–Kier alpha value is -1.42. The molecule has 2 saturated heterocycles. The highest BCUT2D eigenvalue weighted by Crippen LogP contribution is 2.39. The van der Waals surface area contributed by atoms with E-state index in [1.807, 2.05) is 25.3 Å². The molecule has 2 aromatic heterocycles. The number of likely N-dealkylation sites (tertiary alicyclic amines) is 1. The van der Waals surface area contributed by atoms with Gasteiger partial charge in [0.05, 0.1) is 17.2 Å². The number of piperidine rings is 1. The molecule has 2 fully saturated rings. The molecule has 2 aliphatic heterocycles. The van der Waals surface area contributed by atoms with Gasteiger partial charge >= 0.3 is 6.11 Å². The van der Waals surface area contributed by atoms with Crippen LogP contribution in [0, 0.1) is 0 Å². The smallest absolute Gasteiger partial charge is 0.326 e. The van der Waals surface area contributed by atoms with Crippen LogP contribution in [0.25, 0.3) is 0 Å². The average Bonchev–Trinajstić information content (AvgIpc) is 3.34. The minimum atomic E-state index is -3.35. The number of ether oxygens (including phenoxy) is 1. The maximum atomic E-state index is 14.4. The lowest BCUT2D eigenvalue weighted by molar-refractivity contribution is -0.332. The number of thiophene rings is 1. The Labute approximate surface area is 177 Å². The summed E-state index contributed by atoms with van der Waals surface area (Å²) in [6.45, 7) is 5.62. The van der Waals surface area contributed by atoms with E-state index in [2.05, 4.69) is 16.0 Å². The normalized spacial score (nSPS) is 21.8. The summed E-state index contributed by atoms with van der Waals surface area (Å²) in [6.07, 6.45) is -2.39. The van der Waals surface area contributed by atoms with E-state index < -0.39 is 24.2 Å². The molecule has 9 heteroatoms. The minimum absolute atomic E-state index is 0.183. The largest absolute Gasteiger partial charge is 0.373 e. The van der Waals surface area contributed by atoms with Gasteiger partial charge < -0.3 is 9.64 Å². The highest BCUT2D eigenvalue weighted by atomic mass is 32.1. The van der Waals surface area contributed by atoms with Crippen LogP contribution >= 0.6 is 22.7 Å². The van der Waals surface area contributed by atoms with Crippen LogP contribution in [0.3, 0.4) is 0 Å². The van der Waals surface area contributed by atoms with Crippen LogP contribution in [0.2, 0.25) is 0 Å². The Morgan fingerprint density at radius 3 is 2.66 bits per heavy atom. The summed E-state index contributed by atoms with van der Waals surface area (Å²) in [4.78, 5) is 22.0. The number of nitrogens with zero attached hydrogens (tertiary/aromatic N) is 3. The third-order valence-electron chi connectivity index (χ3n) is 5.47. The molecule has 158 valence electrons. The number of amides is 1. The molecule has 1 spiro atoms. The molecule has 0 unspecified atom stereocenters. The number of halogens is 2. The number of hydrogen-bond donors (Lipinski definition) is 0. The second kappa shape index (κ2) is 8.02. The first-order chi connectivity index (χ1) is 13.8. The van der Waals surface area contributed by atoms with Crippen LogP contribution in [-0.2, 0) is 11.3 Å². The fraction of sp³-hybridized carbons (Fsp3) is 0.600. The predicted molar refractivity (Wildman–Crippen MR) is 110 cm³/mol. The number of alkyl halides is 2. The quantitative estimate of drug-likeness (QED) is 0.704. The topological polar surface area (TPSA) is 45.7 Å². The monoisotopic (exact) mass is 441 g/mol. The van der Waals surface area contributed by atoms with Crippen molar-refractivity contribution < 1.29 is 18.3 Å². The molecule has 2 aliphatic rings. The van der Waals surface area contributed by atoms with E-state index >= 15 is 0 Å². The molecule has 0 N–H and O–H groups in total. The fourth-order valence-corrected chi connectivity index (χ4v) is 5.52. The molecular weight excluding hydrogens is 416 g/mol. The molecule has 1 amide bonds. The first-order valence-corrected chi connectivity index (χ1v) is 11.6. The van der Waals surface area contributed by atoms with E-state index in [9.17, 15) is 13.6 Å². The lowest BCUT2D eigenvalue weighted by atomic mass is 9.89. The summed E-state index contributed by atoms with van der Waals surface area (Å²) in [7, 11) is 0. The van der Waals surface area contributed by atoms with Crippen LogP contribution in [-0.4, -0.2) is 58.6 Å². The van der Waals surface area contributed by atoms with Crippen LogP contribution in [0.15, 0.2) is 22.9 Å². The van der Waals surface area contributed by atoms with Crippen LogP contribution in [0.5, 0.6) is 0 Å². The van der Waals surface area contributed by atoms with Crippen molar-refractivity contribution in [3.8, 4) is 0 Å². The summed E-state index contributed by atoms with van der Waals surface area (Å²) in [5, 5.41) is 4.55. The number of carbonyl (C=O) groups is 1. The summed E-state index contributed by atoms with van der Waals surface area (Å²) in [5.74, 6) is -0.233. The second-order valence-electron chi connectivity index (χ2n) is 8.16. The number of rotatable bonds is 4. The van der Waals surface area contributed by atoms with Gasteiger partial charge in [0.15, 0.2) is 0 Å². The van der Waals surface area contributed by atoms with Crippen molar-refractivity contribution in [1.29, 1.82) is 0 Å². The predicted octanol–water partition coefficient (Wildman–Crippen LogP) is 4.43. The van der Waals surface area contributed by atoms with Gasteiger partial charge in [0.2, 0.25) is 0 Å². The molecule has 0 radical (unpaired) electrons. The molecule has 0 aromatic carbocycles. The molecule has 0 atom stereocenters. The van der Waals surface area contributed by atoms with Crippen molar-refractivity contribution in [1.82, 2.24) is 14.8 Å². The third-order valence-corrected chi connectivity index (χ3v) is 7.48. The molecule has 4 rings (SSSR count). The third kappa shape index (κ3) is 4.68. The van der Waals surface area contributed by atoms with E-state index in [1.165, 1.54) is 21.1 Å². The Morgan fingerprint density at radius 2 is 2.03 bits per heavy atom. The number of carbonyl (C=O) groups excluding carboxylic acids is 1. The zero-order valence-corrected chi connectivity index (χ0v) is 18.2. The van der Waals surface area contributed by atoms with E-state index in [0.29, 0.717) is 25.9 Å². The van der Waals surface area contributed by atoms with E-state index in [0.717, 1.165) is 11.6 Å². The molecule has 0 aliphatic carbocycles. The van der Waals surface area contributed by atoms with Crippen molar-refractivity contribution in [3.05, 3.63) is 38.5 Å². The molecule has 29 heavy (non-hydrogen) atoms. The fourth-order valence-electron chi connectivity index (χ4n) is 3.97. The van der Waals surface area contributed by atoms with Gasteiger partial charge in [0.1, 0.15) is 12.2 Å². The number of hydrogen-bond acceptors (Lipinski definition) is 6. The average molecular weight is 442 g/mol. The number of morpholine rings is 1. The van der Waals surface area contributed by atoms with E-state index in [1.54, 1.807) is 16.7 Å². The van der Waals surface area contributed by atoms with Gasteiger partial charge in [-0.2, -0.15) is 8.78 Å². The minimum Gasteiger partial charge on any atom is -0.326 e. The maximum Gasteiger partial charge on any atom is 0.373 e. The van der Waals surface area contributed by atoms with E-state index in [4.69, 9.17) is 4.74 Å². The molecule has 0 saturated carbocycles. The van der Waals surface area contributed by atoms with Crippen molar-refractivity contribution in [2.24, 2.45) is 0 Å². The summed E-state index contributed by atoms with van der Waals surface area (Å²) in [6, 6.07) is 4.10. The second-order valence-corrected chi connectivity index (χ2v) is 10.1. The molecule has 0 bridgehead atoms. The van der Waals surface area contributed by atoms with Gasteiger partial charge in [-0.05, 0) is 24.3 Å². The molecular formula is C20H25F2N3O2S2. The Balaban J connectivity index is 1.45. The Kier molecular flexibility index (Phi) is 5.76. The molecule has 5 nitrogen and oxygen atoms in total. The van der Waals surface area contributed by atoms with Crippen LogP contribution in [0.1, 0.15) is 53.0 Å². The van der Waals surface area contributed by atoms with Crippen molar-refractivity contribution in [2.45, 2.75) is 50.9 Å². The van der Waals surface area contributed by atoms with Gasteiger partial charge in [-0.1, -0.05) is 19.9 Å². The lowest BCUT2D eigenvalue weighted by Gasteiger charge is -2.49. The number of aromatic nitrogens is 1. The summed E-state index contributed by atoms with van der Waals surface area (Å²) < 4.78 is 34.2. The standard InChI is InChI=1S/C20H25F2N3O2S2/c1-14(2)17-23-16(11-29-17)18(26)25-12-19(27-20(21,22)13-25)5-7-24(8-6-19)10-15-4-3-9-28-15/h3-4,9,11,14H,5-8,10,12-13H2,1-2H3. The van der Waals surface area contributed by atoms with Crippen LogP contribution < -0.4 is 0 Å². The highest BCUT2D eigenvalue weighted by molar-refractivity contribution is 7.10. The zero-order chi connectivity index (χ0) is 20.6. The summed E-state index contributed by atoms with van der Waals surface area (Å²) in [5.41, 5.74) is -0.748. The van der Waals surface area contributed by atoms with Gasteiger partial charge in [-0.15, -0.1) is 22.7 Å². The molecule has 2 aromatic rings. The SMILES string of the molecule is CC(C)c1nc(C(=O)N2CC(F)(F)OC3(CCN(Cc4cccs4)CC3)C2)cs1. The zero-order valence-electron chi connectivity index (χ0n) is 16.6. The Bertz CT molecular complexity index is 846. The number of thiazole rings is 1. The van der Waals surface area contributed by atoms with Gasteiger partial charge in [0, 0.05) is 35.8 Å². The Morgan fingerprint density at radius 1 is 1.28 bits per heavy atom. The summed E-state index contributed by atoms with van der Waals surface area (Å²) >= 11 is 3.09. The van der Waals surface area contributed by atoms with Crippen molar-refractivity contribution >= 4 is 28.6 Å². The highest BCUT2D eigenvalue weighted by Gasteiger charge is 2.52. The van der Waals surface area contributed by atoms with Crippen molar-refractivity contribution in [2.75, 3.05) is 26.2 Å². The lowest BCUT2D eigenvalue weighted by Crippen LogP contribution is -2.62. The van der Waals surface area contributed by atoms with Crippen molar-refractivity contribution in [3.63, 3.8) is 0 Å². The molecule has 4 heterocycles.